The predicted octanol–water partition coefficient (Wildman–Crippen LogP) is 3.73. The first-order chi connectivity index (χ1) is 12.0. The second-order valence-corrected chi connectivity index (χ2v) is 5.84. The standard InChI is InChI=1S/C17H11Cl2N3O3/c18-11-7-12(19)16(20-8-11)22-15(23)9-25-17(24)14-6-5-10-3-1-2-4-13(10)21-14/h1-8H,9H2,(H,20,22,23). The van der Waals surface area contributed by atoms with Gasteiger partial charge in [0.25, 0.3) is 5.91 Å². The molecule has 1 N–H and O–H groups in total. The Morgan fingerprint density at radius 3 is 2.72 bits per heavy atom. The molecule has 0 bridgehead atoms. The highest BCUT2D eigenvalue weighted by atomic mass is 35.5. The number of hydrogen-bond donors (Lipinski definition) is 1. The van der Waals surface area contributed by atoms with Crippen molar-refractivity contribution in [2.45, 2.75) is 0 Å². The van der Waals surface area contributed by atoms with Crippen molar-refractivity contribution in [2.24, 2.45) is 0 Å². The van der Waals surface area contributed by atoms with Gasteiger partial charge in [0.1, 0.15) is 5.69 Å². The van der Waals surface area contributed by atoms with E-state index in [0.29, 0.717) is 10.5 Å². The number of nitrogens with zero attached hydrogens (tertiary/aromatic N) is 2. The molecule has 6 nitrogen and oxygen atoms in total. The molecule has 0 atom stereocenters. The Balaban J connectivity index is 1.61. The maximum absolute atomic E-state index is 12.0. The Labute approximate surface area is 152 Å². The molecular formula is C17H11Cl2N3O3. The zero-order valence-electron chi connectivity index (χ0n) is 12.7. The third-order valence-electron chi connectivity index (χ3n) is 3.21. The summed E-state index contributed by atoms with van der Waals surface area (Å²) in [7, 11) is 0. The molecule has 3 aromatic rings. The Hall–Kier alpha value is -2.70. The van der Waals surface area contributed by atoms with Crippen molar-refractivity contribution >= 4 is 51.8 Å². The largest absolute Gasteiger partial charge is 0.451 e. The molecule has 0 saturated carbocycles. The lowest BCUT2D eigenvalue weighted by molar-refractivity contribution is -0.119. The molecule has 2 heterocycles. The molecule has 0 spiro atoms. The summed E-state index contributed by atoms with van der Waals surface area (Å²) in [4.78, 5) is 32.0. The number of anilines is 1. The van der Waals surface area contributed by atoms with E-state index in [-0.39, 0.29) is 16.5 Å². The Morgan fingerprint density at radius 2 is 1.92 bits per heavy atom. The van der Waals surface area contributed by atoms with Gasteiger partial charge in [-0.3, -0.25) is 4.79 Å². The van der Waals surface area contributed by atoms with Crippen LogP contribution in [0.3, 0.4) is 0 Å². The average molecular weight is 376 g/mol. The number of esters is 1. The van der Waals surface area contributed by atoms with Gasteiger partial charge in [-0.1, -0.05) is 47.5 Å². The maximum atomic E-state index is 12.0. The van der Waals surface area contributed by atoms with Crippen LogP contribution in [0.1, 0.15) is 10.5 Å². The number of fused-ring (bicyclic) bond motifs is 1. The number of hydrogen-bond acceptors (Lipinski definition) is 5. The van der Waals surface area contributed by atoms with Crippen LogP contribution in [-0.2, 0) is 9.53 Å². The minimum absolute atomic E-state index is 0.120. The van der Waals surface area contributed by atoms with Gasteiger partial charge in [-0.25, -0.2) is 14.8 Å². The third kappa shape index (κ3) is 4.23. The summed E-state index contributed by atoms with van der Waals surface area (Å²) in [6, 6.07) is 12.1. The van der Waals surface area contributed by atoms with Crippen LogP contribution in [0.15, 0.2) is 48.7 Å². The van der Waals surface area contributed by atoms with Gasteiger partial charge in [-0.2, -0.15) is 0 Å². The summed E-state index contributed by atoms with van der Waals surface area (Å²) in [5, 5.41) is 3.87. The Morgan fingerprint density at radius 1 is 1.12 bits per heavy atom. The zero-order chi connectivity index (χ0) is 17.8. The van der Waals surface area contributed by atoms with Gasteiger partial charge in [0, 0.05) is 11.6 Å². The Bertz CT molecular complexity index is 963. The van der Waals surface area contributed by atoms with Crippen molar-refractivity contribution in [3.8, 4) is 0 Å². The average Bonchev–Trinajstić information content (AvgIpc) is 2.61. The lowest BCUT2D eigenvalue weighted by atomic mass is 10.2. The molecule has 25 heavy (non-hydrogen) atoms. The number of carbonyl (C=O) groups is 2. The number of pyridine rings is 2. The van der Waals surface area contributed by atoms with Gasteiger partial charge < -0.3 is 10.1 Å². The number of para-hydroxylation sites is 1. The number of carbonyl (C=O) groups excluding carboxylic acids is 2. The summed E-state index contributed by atoms with van der Waals surface area (Å²) < 4.78 is 4.96. The Kier molecular flexibility index (Phi) is 5.11. The van der Waals surface area contributed by atoms with Crippen LogP contribution >= 0.6 is 23.2 Å². The fourth-order valence-electron chi connectivity index (χ4n) is 2.06. The fourth-order valence-corrected chi connectivity index (χ4v) is 2.49. The smallest absolute Gasteiger partial charge is 0.357 e. The number of amides is 1. The molecule has 0 aliphatic rings. The van der Waals surface area contributed by atoms with Crippen LogP contribution in [0, 0.1) is 0 Å². The highest BCUT2D eigenvalue weighted by molar-refractivity contribution is 6.36. The molecule has 1 amide bonds. The van der Waals surface area contributed by atoms with Crippen LogP contribution in [0.5, 0.6) is 0 Å². The molecule has 0 unspecified atom stereocenters. The van der Waals surface area contributed by atoms with Gasteiger partial charge >= 0.3 is 5.97 Å². The maximum Gasteiger partial charge on any atom is 0.357 e. The second-order valence-electron chi connectivity index (χ2n) is 5.00. The van der Waals surface area contributed by atoms with E-state index in [0.717, 1.165) is 5.39 Å². The first-order valence-electron chi connectivity index (χ1n) is 7.17. The highest BCUT2D eigenvalue weighted by Gasteiger charge is 2.13. The van der Waals surface area contributed by atoms with Crippen LogP contribution in [0.25, 0.3) is 10.9 Å². The molecule has 0 saturated heterocycles. The van der Waals surface area contributed by atoms with Gasteiger partial charge in [-0.05, 0) is 18.2 Å². The first-order valence-corrected chi connectivity index (χ1v) is 7.92. The van der Waals surface area contributed by atoms with Crippen molar-refractivity contribution in [1.82, 2.24) is 9.97 Å². The van der Waals surface area contributed by atoms with Gasteiger partial charge in [0.2, 0.25) is 0 Å². The SMILES string of the molecule is O=C(COC(=O)c1ccc2ccccc2n1)Nc1ncc(Cl)cc1Cl. The lowest BCUT2D eigenvalue weighted by Gasteiger charge is -2.07. The molecule has 0 radical (unpaired) electrons. The van der Waals surface area contributed by atoms with Crippen LogP contribution in [-0.4, -0.2) is 28.5 Å². The predicted molar refractivity (Wildman–Crippen MR) is 94.9 cm³/mol. The van der Waals surface area contributed by atoms with Crippen molar-refractivity contribution in [3.05, 3.63) is 64.4 Å². The number of aromatic nitrogens is 2. The van der Waals surface area contributed by atoms with E-state index in [1.165, 1.54) is 12.3 Å². The van der Waals surface area contributed by atoms with Gasteiger partial charge in [0.15, 0.2) is 12.4 Å². The molecule has 126 valence electrons. The van der Waals surface area contributed by atoms with E-state index in [1.807, 2.05) is 18.2 Å². The normalized spacial score (nSPS) is 10.5. The minimum Gasteiger partial charge on any atom is -0.451 e. The second kappa shape index (κ2) is 7.46. The van der Waals surface area contributed by atoms with E-state index in [9.17, 15) is 9.59 Å². The summed E-state index contributed by atoms with van der Waals surface area (Å²) in [6.07, 6.45) is 1.34. The number of ether oxygens (including phenoxy) is 1. The summed E-state index contributed by atoms with van der Waals surface area (Å²) in [5.41, 5.74) is 0.785. The molecule has 0 aliphatic carbocycles. The van der Waals surface area contributed by atoms with Crippen molar-refractivity contribution < 1.29 is 14.3 Å². The number of rotatable bonds is 4. The van der Waals surface area contributed by atoms with Crippen molar-refractivity contribution in [3.63, 3.8) is 0 Å². The van der Waals surface area contributed by atoms with E-state index in [4.69, 9.17) is 27.9 Å². The van der Waals surface area contributed by atoms with Crippen LogP contribution < -0.4 is 5.32 Å². The molecule has 8 heteroatoms. The van der Waals surface area contributed by atoms with Gasteiger partial charge in [-0.15, -0.1) is 0 Å². The fraction of sp³-hybridized carbons (Fsp3) is 0.0588. The molecular weight excluding hydrogens is 365 g/mol. The highest BCUT2D eigenvalue weighted by Crippen LogP contribution is 2.22. The first kappa shape index (κ1) is 17.1. The van der Waals surface area contributed by atoms with E-state index in [2.05, 4.69) is 15.3 Å². The van der Waals surface area contributed by atoms with Crippen LogP contribution in [0.4, 0.5) is 5.82 Å². The third-order valence-corrected chi connectivity index (χ3v) is 3.70. The number of halogens is 2. The van der Waals surface area contributed by atoms with E-state index in [1.54, 1.807) is 18.2 Å². The molecule has 2 aromatic heterocycles. The number of nitrogens with one attached hydrogen (secondary N) is 1. The molecule has 0 fully saturated rings. The summed E-state index contributed by atoms with van der Waals surface area (Å²) in [5.74, 6) is -1.14. The number of benzene rings is 1. The summed E-state index contributed by atoms with van der Waals surface area (Å²) >= 11 is 11.6. The van der Waals surface area contributed by atoms with Crippen LogP contribution in [0.2, 0.25) is 10.0 Å². The van der Waals surface area contributed by atoms with E-state index < -0.39 is 18.5 Å². The quantitative estimate of drug-likeness (QED) is 0.702. The lowest BCUT2D eigenvalue weighted by Crippen LogP contribution is -2.22. The minimum atomic E-state index is -0.698. The van der Waals surface area contributed by atoms with E-state index >= 15 is 0 Å². The molecule has 1 aromatic carbocycles. The monoisotopic (exact) mass is 375 g/mol. The molecule has 3 rings (SSSR count). The topological polar surface area (TPSA) is 81.2 Å². The van der Waals surface area contributed by atoms with Gasteiger partial charge in [0.05, 0.1) is 15.6 Å². The van der Waals surface area contributed by atoms with Crippen molar-refractivity contribution in [1.29, 1.82) is 0 Å². The van der Waals surface area contributed by atoms with Crippen molar-refractivity contribution in [2.75, 3.05) is 11.9 Å². The summed E-state index contributed by atoms with van der Waals surface area (Å²) in [6.45, 7) is -0.492. The zero-order valence-corrected chi connectivity index (χ0v) is 14.2. The molecule has 0 aliphatic heterocycles.